The van der Waals surface area contributed by atoms with Gasteiger partial charge >= 0.3 is 0 Å². The predicted octanol–water partition coefficient (Wildman–Crippen LogP) is 3.80. The quantitative estimate of drug-likeness (QED) is 0.919. The second kappa shape index (κ2) is 5.25. The minimum absolute atomic E-state index is 0.0389. The van der Waals surface area contributed by atoms with Crippen LogP contribution in [0, 0.1) is 5.82 Å². The van der Waals surface area contributed by atoms with Crippen LogP contribution in [0.5, 0.6) is 0 Å². The first-order valence-electron chi connectivity index (χ1n) is 7.08. The summed E-state index contributed by atoms with van der Waals surface area (Å²) in [4.78, 5) is 2.11. The second-order valence-corrected chi connectivity index (χ2v) is 5.22. The molecule has 20 heavy (non-hydrogen) atoms. The summed E-state index contributed by atoms with van der Waals surface area (Å²) < 4.78 is 14.1. The molecular weight excluding hydrogens is 251 g/mol. The molecule has 0 aromatic heterocycles. The smallest absolute Gasteiger partial charge is 0.146 e. The number of para-hydroxylation sites is 1. The van der Waals surface area contributed by atoms with Crippen LogP contribution in [0.25, 0.3) is 0 Å². The molecule has 0 spiro atoms. The Hall–Kier alpha value is -1.87. The first-order chi connectivity index (χ1) is 9.72. The maximum absolute atomic E-state index is 14.1. The molecule has 0 saturated heterocycles. The van der Waals surface area contributed by atoms with Crippen molar-refractivity contribution in [1.82, 2.24) is 0 Å². The Morgan fingerprint density at radius 1 is 1.10 bits per heavy atom. The third-order valence-corrected chi connectivity index (χ3v) is 4.11. The fourth-order valence-electron chi connectivity index (χ4n) is 3.18. The van der Waals surface area contributed by atoms with Gasteiger partial charge < -0.3 is 10.6 Å². The Balaban J connectivity index is 2.02. The Labute approximate surface area is 119 Å². The highest BCUT2D eigenvalue weighted by Crippen LogP contribution is 2.42. The number of rotatable bonds is 3. The summed E-state index contributed by atoms with van der Waals surface area (Å²) in [5, 5.41) is 0. The minimum atomic E-state index is -0.174. The third kappa shape index (κ3) is 2.08. The van der Waals surface area contributed by atoms with Gasteiger partial charge in [-0.15, -0.1) is 0 Å². The van der Waals surface area contributed by atoms with Gasteiger partial charge in [0.1, 0.15) is 5.82 Å². The lowest BCUT2D eigenvalue weighted by Crippen LogP contribution is -2.28. The predicted molar refractivity (Wildman–Crippen MR) is 80.1 cm³/mol. The van der Waals surface area contributed by atoms with E-state index in [9.17, 15) is 4.39 Å². The molecule has 2 aromatic carbocycles. The highest BCUT2D eigenvalue weighted by Gasteiger charge is 2.32. The number of benzene rings is 2. The van der Waals surface area contributed by atoms with E-state index >= 15 is 0 Å². The molecule has 0 aliphatic heterocycles. The highest BCUT2D eigenvalue weighted by atomic mass is 19.1. The van der Waals surface area contributed by atoms with Gasteiger partial charge in [-0.3, -0.25) is 0 Å². The monoisotopic (exact) mass is 270 g/mol. The largest absolute Gasteiger partial charge is 0.362 e. The molecule has 0 heterocycles. The second-order valence-electron chi connectivity index (χ2n) is 5.22. The molecule has 2 aromatic rings. The highest BCUT2D eigenvalue weighted by molar-refractivity contribution is 5.52. The van der Waals surface area contributed by atoms with Crippen molar-refractivity contribution in [3.8, 4) is 0 Å². The molecule has 2 nitrogen and oxygen atoms in total. The van der Waals surface area contributed by atoms with E-state index in [-0.39, 0.29) is 17.9 Å². The summed E-state index contributed by atoms with van der Waals surface area (Å²) in [5.74, 6) is -0.174. The van der Waals surface area contributed by atoms with Crippen molar-refractivity contribution < 1.29 is 4.39 Å². The molecule has 104 valence electrons. The summed E-state index contributed by atoms with van der Waals surface area (Å²) in [5.41, 5.74) is 9.30. The first-order valence-corrected chi connectivity index (χ1v) is 7.08. The molecule has 0 amide bonds. The molecule has 3 rings (SSSR count). The van der Waals surface area contributed by atoms with Crippen LogP contribution in [0.3, 0.4) is 0 Å². The average molecular weight is 270 g/mol. The zero-order chi connectivity index (χ0) is 14.1. The van der Waals surface area contributed by atoms with Gasteiger partial charge in [0.25, 0.3) is 0 Å². The fraction of sp³-hybridized carbons (Fsp3) is 0.294. The minimum Gasteiger partial charge on any atom is -0.362 e. The van der Waals surface area contributed by atoms with Crippen molar-refractivity contribution in [3.63, 3.8) is 0 Å². The Morgan fingerprint density at radius 3 is 2.45 bits per heavy atom. The maximum Gasteiger partial charge on any atom is 0.146 e. The lowest BCUT2D eigenvalue weighted by Gasteiger charge is -2.31. The summed E-state index contributed by atoms with van der Waals surface area (Å²) in [6, 6.07) is 15.4. The van der Waals surface area contributed by atoms with E-state index in [0.29, 0.717) is 5.69 Å². The molecule has 0 bridgehead atoms. The van der Waals surface area contributed by atoms with Gasteiger partial charge in [0.05, 0.1) is 11.7 Å². The molecule has 2 unspecified atom stereocenters. The molecule has 1 aliphatic carbocycles. The van der Waals surface area contributed by atoms with E-state index < -0.39 is 0 Å². The molecule has 3 heteroatoms. The van der Waals surface area contributed by atoms with Crippen LogP contribution in [-0.2, 0) is 0 Å². The van der Waals surface area contributed by atoms with Crippen LogP contribution in [0.4, 0.5) is 10.1 Å². The van der Waals surface area contributed by atoms with Gasteiger partial charge in [-0.2, -0.15) is 0 Å². The number of anilines is 1. The van der Waals surface area contributed by atoms with E-state index in [1.807, 2.05) is 24.3 Å². The van der Waals surface area contributed by atoms with E-state index in [0.717, 1.165) is 13.0 Å². The first kappa shape index (κ1) is 13.1. The summed E-state index contributed by atoms with van der Waals surface area (Å²) in [6.07, 6.45) is 0.835. The number of fused-ring (bicyclic) bond motifs is 1. The van der Waals surface area contributed by atoms with Gasteiger partial charge in [0.2, 0.25) is 0 Å². The number of hydrogen-bond donors (Lipinski definition) is 1. The summed E-state index contributed by atoms with van der Waals surface area (Å²) in [6.45, 7) is 2.81. The van der Waals surface area contributed by atoms with Gasteiger partial charge in [0, 0.05) is 12.6 Å². The van der Waals surface area contributed by atoms with E-state index in [4.69, 9.17) is 5.73 Å². The van der Waals surface area contributed by atoms with Crippen molar-refractivity contribution in [3.05, 3.63) is 65.5 Å². The van der Waals surface area contributed by atoms with E-state index in [1.165, 1.54) is 17.2 Å². The molecule has 2 N–H and O–H groups in total. The van der Waals surface area contributed by atoms with E-state index in [1.54, 1.807) is 6.07 Å². The molecule has 0 radical (unpaired) electrons. The van der Waals surface area contributed by atoms with Gasteiger partial charge in [0.15, 0.2) is 0 Å². The number of halogens is 1. The summed E-state index contributed by atoms with van der Waals surface area (Å²) >= 11 is 0. The lowest BCUT2D eigenvalue weighted by atomic mass is 10.1. The van der Waals surface area contributed by atoms with Crippen LogP contribution in [0.15, 0.2) is 48.5 Å². The number of nitrogens with two attached hydrogens (primary N) is 1. The Bertz CT molecular complexity index is 611. The van der Waals surface area contributed by atoms with E-state index in [2.05, 4.69) is 24.0 Å². The molecule has 2 atom stereocenters. The van der Waals surface area contributed by atoms with Crippen molar-refractivity contribution in [2.75, 3.05) is 11.4 Å². The zero-order valence-corrected chi connectivity index (χ0v) is 11.6. The van der Waals surface area contributed by atoms with Crippen molar-refractivity contribution >= 4 is 5.69 Å². The normalized spacial score (nSPS) is 20.8. The molecule has 0 saturated carbocycles. The Kier molecular flexibility index (Phi) is 3.45. The average Bonchev–Trinajstić information content (AvgIpc) is 2.80. The van der Waals surface area contributed by atoms with Crippen LogP contribution in [0.2, 0.25) is 0 Å². The van der Waals surface area contributed by atoms with Gasteiger partial charge in [-0.05, 0) is 36.6 Å². The zero-order valence-electron chi connectivity index (χ0n) is 11.6. The third-order valence-electron chi connectivity index (χ3n) is 4.11. The fourth-order valence-corrected chi connectivity index (χ4v) is 3.18. The van der Waals surface area contributed by atoms with Crippen LogP contribution < -0.4 is 10.6 Å². The SMILES string of the molecule is CCN(c1ccccc1F)C1CC(N)c2ccccc21. The maximum atomic E-state index is 14.1. The van der Waals surface area contributed by atoms with Gasteiger partial charge in [-0.1, -0.05) is 36.4 Å². The van der Waals surface area contributed by atoms with Crippen LogP contribution in [0.1, 0.15) is 36.6 Å². The topological polar surface area (TPSA) is 29.3 Å². The Morgan fingerprint density at radius 2 is 1.75 bits per heavy atom. The van der Waals surface area contributed by atoms with Crippen LogP contribution >= 0.6 is 0 Å². The molecule has 0 fully saturated rings. The molecular formula is C17H19FN2. The number of nitrogens with zero attached hydrogens (tertiary/aromatic N) is 1. The number of hydrogen-bond acceptors (Lipinski definition) is 2. The van der Waals surface area contributed by atoms with Crippen molar-refractivity contribution in [1.29, 1.82) is 0 Å². The van der Waals surface area contributed by atoms with Gasteiger partial charge in [-0.25, -0.2) is 4.39 Å². The van der Waals surface area contributed by atoms with Crippen molar-refractivity contribution in [2.45, 2.75) is 25.4 Å². The molecule has 1 aliphatic rings. The van der Waals surface area contributed by atoms with Crippen molar-refractivity contribution in [2.24, 2.45) is 5.73 Å². The lowest BCUT2D eigenvalue weighted by molar-refractivity contribution is 0.553. The summed E-state index contributed by atoms with van der Waals surface area (Å²) in [7, 11) is 0. The van der Waals surface area contributed by atoms with Crippen LogP contribution in [-0.4, -0.2) is 6.54 Å². The standard InChI is InChI=1S/C17H19FN2/c1-2-20(16-10-6-5-9-14(16)18)17-11-15(19)12-7-3-4-8-13(12)17/h3-10,15,17H,2,11,19H2,1H3.